The zero-order valence-electron chi connectivity index (χ0n) is 20.4. The van der Waals surface area contributed by atoms with Crippen LogP contribution in [0.5, 0.6) is 5.88 Å². The molecule has 35 heavy (non-hydrogen) atoms. The van der Waals surface area contributed by atoms with Gasteiger partial charge in [-0.2, -0.15) is 5.26 Å². The van der Waals surface area contributed by atoms with E-state index >= 15 is 0 Å². The number of hydrogen-bond acceptors (Lipinski definition) is 6. The highest BCUT2D eigenvalue weighted by Crippen LogP contribution is 2.49. The molecule has 5 atom stereocenters. The number of imidazole rings is 1. The molecule has 0 aromatic carbocycles. The molecule has 2 aliphatic heterocycles. The van der Waals surface area contributed by atoms with Crippen LogP contribution in [0.4, 0.5) is 4.79 Å². The van der Waals surface area contributed by atoms with E-state index in [-0.39, 0.29) is 28.6 Å². The Morgan fingerprint density at radius 2 is 2.09 bits per heavy atom. The molecule has 1 aliphatic carbocycles. The number of pyridine rings is 1. The Labute approximate surface area is 208 Å². The van der Waals surface area contributed by atoms with Gasteiger partial charge >= 0.3 is 11.8 Å². The summed E-state index contributed by atoms with van der Waals surface area (Å²) in [7, 11) is 0. The molecule has 5 rings (SSSR count). The van der Waals surface area contributed by atoms with Gasteiger partial charge in [-0.1, -0.05) is 38.8 Å². The van der Waals surface area contributed by atoms with Crippen molar-refractivity contribution < 1.29 is 14.6 Å². The van der Waals surface area contributed by atoms with Crippen LogP contribution in [0, 0.1) is 36.0 Å². The fourth-order valence-corrected chi connectivity index (χ4v) is 6.37. The van der Waals surface area contributed by atoms with Crippen LogP contribution in [-0.4, -0.2) is 42.9 Å². The molecular weight excluding hydrogens is 470 g/mol. The molecule has 10 heteroatoms. The van der Waals surface area contributed by atoms with Crippen LogP contribution in [-0.2, 0) is 4.74 Å². The van der Waals surface area contributed by atoms with Crippen molar-refractivity contribution >= 4 is 17.7 Å². The maximum absolute atomic E-state index is 13.5. The Kier molecular flexibility index (Phi) is 5.83. The van der Waals surface area contributed by atoms with Crippen molar-refractivity contribution in [1.29, 1.82) is 5.26 Å². The van der Waals surface area contributed by atoms with Crippen molar-refractivity contribution in [2.24, 2.45) is 17.8 Å². The van der Waals surface area contributed by atoms with Gasteiger partial charge in [-0.15, -0.1) is 0 Å². The molecule has 1 saturated carbocycles. The predicted octanol–water partition coefficient (Wildman–Crippen LogP) is 4.47. The van der Waals surface area contributed by atoms with E-state index in [0.717, 1.165) is 23.8 Å². The molecule has 9 nitrogen and oxygen atoms in total. The van der Waals surface area contributed by atoms with Crippen molar-refractivity contribution in [3.8, 4) is 17.6 Å². The average Bonchev–Trinajstić information content (AvgIpc) is 3.47. The molecule has 1 amide bonds. The molecular formula is C25H30ClN5O4. The molecule has 0 spiro atoms. The molecule has 2 aromatic heterocycles. The minimum Gasteiger partial charge on any atom is -0.493 e. The SMILES string of the molecule is Cc1c(-n2c(O)c3n(c2=O)[C@@H]2C[C@@H]3CN2C(=O)O[C@@H]2C[C@H](C)CC[C@H]2C(C)C)cnc(C#N)c1Cl. The van der Waals surface area contributed by atoms with Crippen LogP contribution in [0.3, 0.4) is 0 Å². The van der Waals surface area contributed by atoms with Crippen molar-refractivity contribution in [1.82, 2.24) is 19.0 Å². The van der Waals surface area contributed by atoms with Crippen molar-refractivity contribution in [3.05, 3.63) is 38.7 Å². The van der Waals surface area contributed by atoms with E-state index in [4.69, 9.17) is 16.3 Å². The van der Waals surface area contributed by atoms with Gasteiger partial charge in [-0.25, -0.2) is 19.1 Å². The number of carbonyl (C=O) groups excluding carboxylic acids is 1. The van der Waals surface area contributed by atoms with Gasteiger partial charge in [0.1, 0.15) is 18.3 Å². The summed E-state index contributed by atoms with van der Waals surface area (Å²) < 4.78 is 8.70. The number of nitriles is 1. The van der Waals surface area contributed by atoms with E-state index in [2.05, 4.69) is 25.8 Å². The molecule has 0 unspecified atom stereocenters. The van der Waals surface area contributed by atoms with Crippen LogP contribution < -0.4 is 5.69 Å². The summed E-state index contributed by atoms with van der Waals surface area (Å²) in [4.78, 5) is 32.4. The number of rotatable bonds is 3. The number of amides is 1. The minimum absolute atomic E-state index is 0.0536. The van der Waals surface area contributed by atoms with E-state index in [0.29, 0.717) is 47.7 Å². The van der Waals surface area contributed by atoms with Crippen molar-refractivity contribution in [3.63, 3.8) is 0 Å². The Hall–Kier alpha value is -2.99. The van der Waals surface area contributed by atoms with Crippen LogP contribution in [0.25, 0.3) is 5.69 Å². The first-order valence-electron chi connectivity index (χ1n) is 12.2. The third-order valence-electron chi connectivity index (χ3n) is 8.09. The lowest BCUT2D eigenvalue weighted by Gasteiger charge is -2.38. The van der Waals surface area contributed by atoms with Gasteiger partial charge in [0.15, 0.2) is 5.69 Å². The lowest BCUT2D eigenvalue weighted by Crippen LogP contribution is -2.44. The first-order valence-corrected chi connectivity index (χ1v) is 12.6. The number of carbonyl (C=O) groups is 1. The van der Waals surface area contributed by atoms with Gasteiger partial charge < -0.3 is 9.84 Å². The normalized spacial score (nSPS) is 27.2. The molecule has 1 N–H and O–H groups in total. The molecule has 2 aromatic rings. The summed E-state index contributed by atoms with van der Waals surface area (Å²) >= 11 is 6.26. The second kappa shape index (κ2) is 8.59. The summed E-state index contributed by atoms with van der Waals surface area (Å²) in [5.41, 5.74) is 0.866. The van der Waals surface area contributed by atoms with Gasteiger partial charge in [0.25, 0.3) is 0 Å². The molecule has 3 aliphatic rings. The molecule has 1 saturated heterocycles. The summed E-state index contributed by atoms with van der Waals surface area (Å²) in [5, 5.41) is 20.3. The summed E-state index contributed by atoms with van der Waals surface area (Å²) in [6.07, 6.45) is 3.93. The number of ether oxygens (including phenoxy) is 1. The van der Waals surface area contributed by atoms with E-state index in [1.54, 1.807) is 11.8 Å². The number of halogens is 1. The first-order chi connectivity index (χ1) is 16.6. The number of likely N-dealkylation sites (tertiary alicyclic amines) is 1. The third kappa shape index (κ3) is 3.61. The number of fused-ring (bicyclic) bond motifs is 5. The average molecular weight is 500 g/mol. The summed E-state index contributed by atoms with van der Waals surface area (Å²) in [6.45, 7) is 8.59. The fraction of sp³-hybridized carbons (Fsp3) is 0.600. The van der Waals surface area contributed by atoms with E-state index in [1.807, 2.05) is 6.07 Å². The fourth-order valence-electron chi connectivity index (χ4n) is 6.18. The molecule has 186 valence electrons. The lowest BCUT2D eigenvalue weighted by molar-refractivity contribution is -0.0166. The van der Waals surface area contributed by atoms with Gasteiger partial charge in [0.05, 0.1) is 22.6 Å². The third-order valence-corrected chi connectivity index (χ3v) is 8.55. The first kappa shape index (κ1) is 23.7. The van der Waals surface area contributed by atoms with E-state index < -0.39 is 17.9 Å². The topological polar surface area (TPSA) is 113 Å². The Bertz CT molecular complexity index is 1290. The highest BCUT2D eigenvalue weighted by atomic mass is 35.5. The van der Waals surface area contributed by atoms with Crippen LogP contribution in [0.2, 0.25) is 5.02 Å². The monoisotopic (exact) mass is 499 g/mol. The lowest BCUT2D eigenvalue weighted by atomic mass is 9.75. The highest BCUT2D eigenvalue weighted by Gasteiger charge is 2.50. The Morgan fingerprint density at radius 1 is 1.34 bits per heavy atom. The molecule has 2 bridgehead atoms. The van der Waals surface area contributed by atoms with Crippen molar-refractivity contribution in [2.45, 2.75) is 71.6 Å². The number of nitrogens with zero attached hydrogens (tertiary/aromatic N) is 5. The molecule has 0 radical (unpaired) electrons. The van der Waals surface area contributed by atoms with Crippen LogP contribution >= 0.6 is 11.6 Å². The zero-order chi connectivity index (χ0) is 25.2. The Morgan fingerprint density at radius 3 is 2.77 bits per heavy atom. The predicted molar refractivity (Wildman–Crippen MR) is 129 cm³/mol. The van der Waals surface area contributed by atoms with Crippen LogP contribution in [0.15, 0.2) is 11.0 Å². The minimum atomic E-state index is -0.511. The van der Waals surface area contributed by atoms with E-state index in [1.165, 1.54) is 10.8 Å². The quantitative estimate of drug-likeness (QED) is 0.666. The second-order valence-corrected chi connectivity index (χ2v) is 10.9. The number of hydrogen-bond donors (Lipinski definition) is 1. The van der Waals surface area contributed by atoms with Crippen LogP contribution in [0.1, 0.15) is 75.5 Å². The molecule has 2 fully saturated rings. The zero-order valence-corrected chi connectivity index (χ0v) is 21.1. The Balaban J connectivity index is 1.45. The smallest absolute Gasteiger partial charge is 0.411 e. The van der Waals surface area contributed by atoms with Gasteiger partial charge in [-0.05, 0) is 49.5 Å². The number of aromatic nitrogens is 3. The van der Waals surface area contributed by atoms with Crippen molar-refractivity contribution in [2.75, 3.05) is 6.54 Å². The van der Waals surface area contributed by atoms with Gasteiger partial charge in [-0.3, -0.25) is 9.47 Å². The maximum Gasteiger partial charge on any atom is 0.411 e. The molecule has 4 heterocycles. The maximum atomic E-state index is 13.5. The van der Waals surface area contributed by atoms with Gasteiger partial charge in [0, 0.05) is 12.5 Å². The highest BCUT2D eigenvalue weighted by molar-refractivity contribution is 6.32. The summed E-state index contributed by atoms with van der Waals surface area (Å²) in [6, 6.07) is 1.92. The van der Waals surface area contributed by atoms with Gasteiger partial charge in [0.2, 0.25) is 5.88 Å². The standard InChI is InChI=1S/C25H30ClN5O4/c1-12(2)16-6-5-13(3)7-19(16)35-25(34)29-11-15-8-20(29)31-22(15)23(32)30(24(31)33)18-10-28-17(9-27)21(26)14(18)4/h10,12-13,15-16,19-20,32H,5-8,11H2,1-4H3/t13-,15-,16+,19-,20-/m1/s1. The van der Waals surface area contributed by atoms with E-state index in [9.17, 15) is 20.0 Å². The largest absolute Gasteiger partial charge is 0.493 e. The number of aromatic hydroxyl groups is 1. The summed E-state index contributed by atoms with van der Waals surface area (Å²) in [5.74, 6) is 0.910. The second-order valence-electron chi connectivity index (χ2n) is 10.6.